The highest BCUT2D eigenvalue weighted by atomic mass is 19.1. The van der Waals surface area contributed by atoms with Crippen LogP contribution >= 0.6 is 0 Å². The predicted molar refractivity (Wildman–Crippen MR) is 67.0 cm³/mol. The van der Waals surface area contributed by atoms with Gasteiger partial charge in [0.15, 0.2) is 6.61 Å². The molecular weight excluding hydrogens is 249 g/mol. The van der Waals surface area contributed by atoms with E-state index in [-0.39, 0.29) is 12.2 Å². The van der Waals surface area contributed by atoms with Crippen molar-refractivity contribution in [2.24, 2.45) is 0 Å². The molecule has 1 aromatic heterocycles. The van der Waals surface area contributed by atoms with Gasteiger partial charge in [0.05, 0.1) is 12.7 Å². The van der Waals surface area contributed by atoms with Crippen molar-refractivity contribution in [1.29, 1.82) is 0 Å². The lowest BCUT2D eigenvalue weighted by atomic mass is 10.2. The molecule has 2 rings (SSSR count). The number of hydrogen-bond acceptors (Lipinski definition) is 4. The molecule has 0 atom stereocenters. The van der Waals surface area contributed by atoms with E-state index in [2.05, 4.69) is 4.98 Å². The van der Waals surface area contributed by atoms with Gasteiger partial charge in [0, 0.05) is 6.20 Å². The number of ether oxygens (including phenoxy) is 2. The molecule has 1 aromatic carbocycles. The number of aromatic nitrogens is 1. The molecule has 0 spiro atoms. The van der Waals surface area contributed by atoms with Crippen molar-refractivity contribution >= 4 is 5.78 Å². The molecule has 0 fully saturated rings. The van der Waals surface area contributed by atoms with Crippen LogP contribution in [0.4, 0.5) is 4.39 Å². The minimum absolute atomic E-state index is 0.0731. The van der Waals surface area contributed by atoms with Gasteiger partial charge in [0.2, 0.25) is 11.7 Å². The molecule has 0 unspecified atom stereocenters. The lowest BCUT2D eigenvalue weighted by molar-refractivity contribution is 0.0916. The minimum atomic E-state index is -0.786. The van der Waals surface area contributed by atoms with Crippen molar-refractivity contribution in [2.75, 3.05) is 13.7 Å². The van der Waals surface area contributed by atoms with E-state index in [1.807, 2.05) is 0 Å². The fraction of sp³-hybridized carbons (Fsp3) is 0.143. The van der Waals surface area contributed by atoms with Gasteiger partial charge in [-0.2, -0.15) is 4.39 Å². The molecule has 5 heteroatoms. The smallest absolute Gasteiger partial charge is 0.223 e. The molecule has 0 amide bonds. The van der Waals surface area contributed by atoms with Crippen LogP contribution in [-0.2, 0) is 0 Å². The highest BCUT2D eigenvalue weighted by Crippen LogP contribution is 2.17. The lowest BCUT2D eigenvalue weighted by Gasteiger charge is -2.06. The number of methoxy groups -OCH3 is 1. The Labute approximate surface area is 109 Å². The standard InChI is InChI=1S/C14H12FNO3/c1-18-10-4-6-11(7-5-10)19-9-13(17)12-3-2-8-16-14(12)15/h2-8H,9H2,1H3. The van der Waals surface area contributed by atoms with Gasteiger partial charge in [-0.05, 0) is 36.4 Å². The molecule has 4 nitrogen and oxygen atoms in total. The van der Waals surface area contributed by atoms with Crippen LogP contribution in [0.25, 0.3) is 0 Å². The Morgan fingerprint density at radius 1 is 1.21 bits per heavy atom. The van der Waals surface area contributed by atoms with Crippen LogP contribution in [0, 0.1) is 5.95 Å². The van der Waals surface area contributed by atoms with E-state index in [0.717, 1.165) is 0 Å². The average molecular weight is 261 g/mol. The van der Waals surface area contributed by atoms with E-state index >= 15 is 0 Å². The second-order valence-electron chi connectivity index (χ2n) is 3.73. The van der Waals surface area contributed by atoms with Crippen molar-refractivity contribution in [3.05, 3.63) is 54.1 Å². The topological polar surface area (TPSA) is 48.4 Å². The Kier molecular flexibility index (Phi) is 4.07. The summed E-state index contributed by atoms with van der Waals surface area (Å²) in [6.45, 7) is -0.241. The van der Waals surface area contributed by atoms with E-state index in [9.17, 15) is 9.18 Å². The Morgan fingerprint density at radius 3 is 2.53 bits per heavy atom. The molecule has 0 N–H and O–H groups in total. The number of Topliss-reactive ketones (excluding diaryl/α,β-unsaturated/α-hetero) is 1. The number of benzene rings is 1. The van der Waals surface area contributed by atoms with E-state index in [4.69, 9.17) is 9.47 Å². The maximum atomic E-state index is 13.3. The Hall–Kier alpha value is -2.43. The molecule has 0 aliphatic rings. The first-order chi connectivity index (χ1) is 9.20. The normalized spacial score (nSPS) is 10.0. The van der Waals surface area contributed by atoms with Gasteiger partial charge in [-0.15, -0.1) is 0 Å². The molecule has 0 aliphatic carbocycles. The van der Waals surface area contributed by atoms with Gasteiger partial charge >= 0.3 is 0 Å². The van der Waals surface area contributed by atoms with Crippen LogP contribution in [0.15, 0.2) is 42.6 Å². The number of halogens is 1. The summed E-state index contributed by atoms with van der Waals surface area (Å²) in [6.07, 6.45) is 1.29. The van der Waals surface area contributed by atoms with Crippen LogP contribution < -0.4 is 9.47 Å². The van der Waals surface area contributed by atoms with Crippen molar-refractivity contribution in [3.8, 4) is 11.5 Å². The zero-order valence-corrected chi connectivity index (χ0v) is 10.3. The fourth-order valence-corrected chi connectivity index (χ4v) is 1.49. The second-order valence-corrected chi connectivity index (χ2v) is 3.73. The van der Waals surface area contributed by atoms with Crippen LogP contribution in [0.2, 0.25) is 0 Å². The number of pyridine rings is 1. The van der Waals surface area contributed by atoms with E-state index in [0.29, 0.717) is 11.5 Å². The second kappa shape index (κ2) is 5.95. The Balaban J connectivity index is 1.98. The van der Waals surface area contributed by atoms with Crippen LogP contribution in [0.1, 0.15) is 10.4 Å². The third-order valence-electron chi connectivity index (χ3n) is 2.49. The van der Waals surface area contributed by atoms with Crippen molar-refractivity contribution < 1.29 is 18.7 Å². The third kappa shape index (κ3) is 3.28. The Bertz CT molecular complexity index is 569. The highest BCUT2D eigenvalue weighted by molar-refractivity contribution is 5.97. The molecule has 0 saturated carbocycles. The molecule has 1 heterocycles. The zero-order valence-electron chi connectivity index (χ0n) is 10.3. The number of ketones is 1. The lowest BCUT2D eigenvalue weighted by Crippen LogP contribution is -2.13. The predicted octanol–water partition coefficient (Wildman–Crippen LogP) is 2.49. The monoisotopic (exact) mass is 261 g/mol. The molecule has 0 saturated heterocycles. The average Bonchev–Trinajstić information content (AvgIpc) is 2.46. The largest absolute Gasteiger partial charge is 0.497 e. The molecule has 0 bridgehead atoms. The number of rotatable bonds is 5. The number of nitrogens with zero attached hydrogens (tertiary/aromatic N) is 1. The molecular formula is C14H12FNO3. The minimum Gasteiger partial charge on any atom is -0.497 e. The maximum absolute atomic E-state index is 13.3. The summed E-state index contributed by atoms with van der Waals surface area (Å²) in [5.41, 5.74) is -0.0731. The first-order valence-electron chi connectivity index (χ1n) is 5.61. The summed E-state index contributed by atoms with van der Waals surface area (Å²) in [5, 5.41) is 0. The van der Waals surface area contributed by atoms with Crippen LogP contribution in [0.3, 0.4) is 0 Å². The summed E-state index contributed by atoms with van der Waals surface area (Å²) in [7, 11) is 1.56. The highest BCUT2D eigenvalue weighted by Gasteiger charge is 2.12. The molecule has 0 aliphatic heterocycles. The molecule has 98 valence electrons. The fourth-order valence-electron chi connectivity index (χ4n) is 1.49. The van der Waals surface area contributed by atoms with Gasteiger partial charge in [-0.1, -0.05) is 0 Å². The van der Waals surface area contributed by atoms with Crippen LogP contribution in [0.5, 0.6) is 11.5 Å². The van der Waals surface area contributed by atoms with Crippen molar-refractivity contribution in [2.45, 2.75) is 0 Å². The van der Waals surface area contributed by atoms with Crippen molar-refractivity contribution in [1.82, 2.24) is 4.98 Å². The molecule has 19 heavy (non-hydrogen) atoms. The summed E-state index contributed by atoms with van der Waals surface area (Å²) in [4.78, 5) is 15.2. The summed E-state index contributed by atoms with van der Waals surface area (Å²) < 4.78 is 23.5. The van der Waals surface area contributed by atoms with Gasteiger partial charge in [-0.25, -0.2) is 4.98 Å². The van der Waals surface area contributed by atoms with Gasteiger partial charge in [0.1, 0.15) is 11.5 Å². The first kappa shape index (κ1) is 13.0. The summed E-state index contributed by atoms with van der Waals surface area (Å²) in [6, 6.07) is 9.65. The molecule has 0 radical (unpaired) electrons. The van der Waals surface area contributed by atoms with E-state index < -0.39 is 11.7 Å². The SMILES string of the molecule is COc1ccc(OCC(=O)c2cccnc2F)cc1. The van der Waals surface area contributed by atoms with Crippen LogP contribution in [-0.4, -0.2) is 24.5 Å². The van der Waals surface area contributed by atoms with Gasteiger partial charge < -0.3 is 9.47 Å². The number of carbonyl (C=O) groups is 1. The number of hydrogen-bond donors (Lipinski definition) is 0. The van der Waals surface area contributed by atoms with Gasteiger partial charge in [0.25, 0.3) is 0 Å². The quantitative estimate of drug-likeness (QED) is 0.613. The van der Waals surface area contributed by atoms with E-state index in [1.165, 1.54) is 18.3 Å². The van der Waals surface area contributed by atoms with Gasteiger partial charge in [-0.3, -0.25) is 4.79 Å². The maximum Gasteiger partial charge on any atom is 0.223 e. The van der Waals surface area contributed by atoms with E-state index in [1.54, 1.807) is 31.4 Å². The zero-order chi connectivity index (χ0) is 13.7. The Morgan fingerprint density at radius 2 is 1.89 bits per heavy atom. The first-order valence-corrected chi connectivity index (χ1v) is 5.61. The molecule has 2 aromatic rings. The summed E-state index contributed by atoms with van der Waals surface area (Å²) in [5.74, 6) is -0.0392. The summed E-state index contributed by atoms with van der Waals surface area (Å²) >= 11 is 0. The number of carbonyl (C=O) groups excluding carboxylic acids is 1. The third-order valence-corrected chi connectivity index (χ3v) is 2.49. The van der Waals surface area contributed by atoms with Crippen molar-refractivity contribution in [3.63, 3.8) is 0 Å².